The Hall–Kier alpha value is -0.160. The third-order valence-corrected chi connectivity index (χ3v) is 12.1. The first-order valence-corrected chi connectivity index (χ1v) is 19.9. The lowest BCUT2D eigenvalue weighted by atomic mass is 9.66. The Balaban J connectivity index is 0.000000294. The van der Waals surface area contributed by atoms with E-state index in [2.05, 4.69) is 96.9 Å². The van der Waals surface area contributed by atoms with E-state index >= 15 is 0 Å². The van der Waals surface area contributed by atoms with E-state index < -0.39 is 0 Å². The Morgan fingerprint density at radius 1 is 0.426 bits per heavy atom. The summed E-state index contributed by atoms with van der Waals surface area (Å²) in [5, 5.41) is 0. The van der Waals surface area contributed by atoms with Crippen LogP contribution in [0.15, 0.2) is 0 Å². The van der Waals surface area contributed by atoms with Crippen molar-refractivity contribution in [3.8, 4) is 0 Å². The molecule has 0 unspecified atom stereocenters. The molecule has 47 heavy (non-hydrogen) atoms. The molecule has 0 bridgehead atoms. The second-order valence-corrected chi connectivity index (χ2v) is 20.4. The lowest BCUT2D eigenvalue weighted by molar-refractivity contribution is -0.259. The lowest BCUT2D eigenvalue weighted by Gasteiger charge is -2.39. The van der Waals surface area contributed by atoms with Gasteiger partial charge >= 0.3 is 0 Å². The van der Waals surface area contributed by atoms with Crippen molar-refractivity contribution in [2.24, 2.45) is 57.2 Å². The van der Waals surface area contributed by atoms with Crippen molar-refractivity contribution in [3.63, 3.8) is 0 Å². The van der Waals surface area contributed by atoms with E-state index in [1.807, 2.05) is 20.8 Å². The lowest BCUT2D eigenvalue weighted by Crippen LogP contribution is -2.38. The van der Waals surface area contributed by atoms with E-state index in [9.17, 15) is 0 Å². The van der Waals surface area contributed by atoms with Crippen molar-refractivity contribution >= 4 is 0 Å². The zero-order valence-corrected chi connectivity index (χ0v) is 35.1. The third kappa shape index (κ3) is 19.1. The first-order chi connectivity index (χ1) is 21.3. The fourth-order valence-electron chi connectivity index (χ4n) is 7.35. The summed E-state index contributed by atoms with van der Waals surface area (Å²) in [6.45, 7) is 41.8. The highest BCUT2D eigenvalue weighted by atomic mass is 16.7. The molecule has 3 aliphatic carbocycles. The SMILES string of the molecule is CC1CCC(C)(C)CC1.CC1COC(C)(C)OC1.CC1OCC(C)(C)CO1.C[C@@H]1CC[C@@H](C)C(C)(C)C1.C[C@H]1CC[C@H](C)C(C)(C)C1. The van der Waals surface area contributed by atoms with Crippen LogP contribution in [0.1, 0.15) is 182 Å². The monoisotopic (exact) mass is 667 g/mol. The molecule has 2 saturated heterocycles. The van der Waals surface area contributed by atoms with Crippen molar-refractivity contribution < 1.29 is 18.9 Å². The van der Waals surface area contributed by atoms with Crippen molar-refractivity contribution in [1.82, 2.24) is 0 Å². The van der Waals surface area contributed by atoms with Gasteiger partial charge < -0.3 is 18.9 Å². The molecular weight excluding hydrogens is 580 g/mol. The molecule has 5 aliphatic rings. The highest BCUT2D eigenvalue weighted by Crippen LogP contribution is 2.43. The van der Waals surface area contributed by atoms with Gasteiger partial charge in [-0.15, -0.1) is 0 Å². The maximum Gasteiger partial charge on any atom is 0.162 e. The number of rotatable bonds is 0. The Morgan fingerprint density at radius 2 is 0.809 bits per heavy atom. The highest BCUT2D eigenvalue weighted by molar-refractivity contribution is 4.83. The summed E-state index contributed by atoms with van der Waals surface area (Å²) in [4.78, 5) is 0. The van der Waals surface area contributed by atoms with E-state index in [0.29, 0.717) is 22.2 Å². The van der Waals surface area contributed by atoms with E-state index in [-0.39, 0.29) is 17.5 Å². The van der Waals surface area contributed by atoms with Crippen LogP contribution < -0.4 is 0 Å². The smallest absolute Gasteiger partial charge is 0.162 e. The summed E-state index contributed by atoms with van der Waals surface area (Å²) in [7, 11) is 0. The van der Waals surface area contributed by atoms with Gasteiger partial charge in [0.25, 0.3) is 0 Å². The molecule has 4 nitrogen and oxygen atoms in total. The summed E-state index contributed by atoms with van der Waals surface area (Å²) >= 11 is 0. The number of hydrogen-bond acceptors (Lipinski definition) is 4. The van der Waals surface area contributed by atoms with Gasteiger partial charge in [0, 0.05) is 11.3 Å². The average molecular weight is 667 g/mol. The standard InChI is InChI=1S/2C10H20.C9H18.2C7H14O2/c2*1-8-5-6-9(2)10(3,4)7-8;1-8-4-6-9(2,3)7-5-8;1-6-8-4-7(2,3)5-9-6;1-6-4-8-7(2,3)9-5-6/h2*8-9H,5-7H2,1-4H3;8H,4-7H2,1-3H3;2*6H,4-5H2,1-3H3/t2*8-,9-;;;/m10.../s1. The second kappa shape index (κ2) is 19.4. The van der Waals surface area contributed by atoms with Crippen LogP contribution in [-0.2, 0) is 18.9 Å². The minimum atomic E-state index is -0.341. The van der Waals surface area contributed by atoms with E-state index in [1.165, 1.54) is 64.2 Å². The molecular formula is C43H86O4. The molecule has 0 aromatic heterocycles. The van der Waals surface area contributed by atoms with Crippen LogP contribution in [0.4, 0.5) is 0 Å². The minimum absolute atomic E-state index is 0.00183. The minimum Gasteiger partial charge on any atom is -0.352 e. The Labute approximate surface area is 296 Å². The van der Waals surface area contributed by atoms with Gasteiger partial charge in [-0.3, -0.25) is 0 Å². The molecule has 5 rings (SSSR count). The van der Waals surface area contributed by atoms with Gasteiger partial charge in [-0.05, 0) is 105 Å². The molecule has 0 spiro atoms. The Kier molecular flexibility index (Phi) is 18.6. The van der Waals surface area contributed by atoms with Crippen molar-refractivity contribution in [2.45, 2.75) is 194 Å². The molecule has 5 fully saturated rings. The topological polar surface area (TPSA) is 36.9 Å². The summed E-state index contributed by atoms with van der Waals surface area (Å²) in [5.41, 5.74) is 2.09. The molecule has 282 valence electrons. The van der Waals surface area contributed by atoms with E-state index in [0.717, 1.165) is 56.0 Å². The molecule has 4 atom stereocenters. The molecule has 2 heterocycles. The molecule has 3 saturated carbocycles. The van der Waals surface area contributed by atoms with Gasteiger partial charge in [0.1, 0.15) is 0 Å². The van der Waals surface area contributed by atoms with Crippen LogP contribution in [0.2, 0.25) is 0 Å². The maximum absolute atomic E-state index is 5.36. The molecule has 2 aliphatic heterocycles. The molecule has 0 amide bonds. The van der Waals surface area contributed by atoms with Gasteiger partial charge in [-0.2, -0.15) is 0 Å². The zero-order valence-electron chi connectivity index (χ0n) is 35.1. The van der Waals surface area contributed by atoms with Gasteiger partial charge in [-0.1, -0.05) is 123 Å². The first-order valence-electron chi connectivity index (χ1n) is 19.9. The maximum atomic E-state index is 5.36. The van der Waals surface area contributed by atoms with Crippen LogP contribution in [-0.4, -0.2) is 38.5 Å². The Bertz CT molecular complexity index is 721. The van der Waals surface area contributed by atoms with E-state index in [4.69, 9.17) is 18.9 Å². The fraction of sp³-hybridized carbons (Fsp3) is 1.00. The average Bonchev–Trinajstić information content (AvgIpc) is 2.95. The van der Waals surface area contributed by atoms with Crippen molar-refractivity contribution in [3.05, 3.63) is 0 Å². The van der Waals surface area contributed by atoms with Crippen LogP contribution in [0.3, 0.4) is 0 Å². The molecule has 0 N–H and O–H groups in total. The van der Waals surface area contributed by atoms with Crippen molar-refractivity contribution in [1.29, 1.82) is 0 Å². The first kappa shape index (κ1) is 44.9. The third-order valence-electron chi connectivity index (χ3n) is 12.1. The summed E-state index contributed by atoms with van der Waals surface area (Å²) in [6.07, 6.45) is 14.4. The van der Waals surface area contributed by atoms with Crippen LogP contribution in [0, 0.1) is 57.2 Å². The molecule has 4 heteroatoms. The van der Waals surface area contributed by atoms with Crippen LogP contribution >= 0.6 is 0 Å². The molecule has 0 radical (unpaired) electrons. The normalized spacial score (nSPS) is 33.1. The van der Waals surface area contributed by atoms with Gasteiger partial charge in [0.2, 0.25) is 0 Å². The largest absolute Gasteiger partial charge is 0.352 e. The van der Waals surface area contributed by atoms with Crippen LogP contribution in [0.5, 0.6) is 0 Å². The van der Waals surface area contributed by atoms with Gasteiger partial charge in [0.05, 0.1) is 26.4 Å². The zero-order chi connectivity index (χ0) is 36.3. The molecule has 0 aromatic carbocycles. The van der Waals surface area contributed by atoms with Gasteiger partial charge in [0.15, 0.2) is 12.1 Å². The van der Waals surface area contributed by atoms with Gasteiger partial charge in [-0.25, -0.2) is 0 Å². The summed E-state index contributed by atoms with van der Waals surface area (Å²) in [6, 6.07) is 0. The van der Waals surface area contributed by atoms with Crippen LogP contribution in [0.25, 0.3) is 0 Å². The fourth-order valence-corrected chi connectivity index (χ4v) is 7.35. The number of ether oxygens (including phenoxy) is 4. The summed E-state index contributed by atoms with van der Waals surface area (Å²) in [5.74, 6) is 5.01. The quantitative estimate of drug-likeness (QED) is 0.258. The van der Waals surface area contributed by atoms with E-state index in [1.54, 1.807) is 0 Å². The Morgan fingerprint density at radius 3 is 1.09 bits per heavy atom. The predicted octanol–water partition coefficient (Wildman–Crippen LogP) is 13.0. The molecule has 0 aromatic rings. The summed E-state index contributed by atoms with van der Waals surface area (Å²) < 4.78 is 21.3. The highest BCUT2D eigenvalue weighted by Gasteiger charge is 2.33. The number of hydrogen-bond donors (Lipinski definition) is 0. The predicted molar refractivity (Wildman–Crippen MR) is 204 cm³/mol. The van der Waals surface area contributed by atoms with Crippen molar-refractivity contribution in [2.75, 3.05) is 26.4 Å². The second-order valence-electron chi connectivity index (χ2n) is 20.4.